The topological polar surface area (TPSA) is 70.1 Å². The standard InChI is InChI=1S/C15H12N4O/c20-15(19-18-9-11-4-3-7-16-8-11)13-10-17-14-6-2-1-5-12(13)14/h1-10,17H,(H,19,20)/b18-9-. The number of rotatable bonds is 3. The molecule has 0 spiro atoms. The summed E-state index contributed by atoms with van der Waals surface area (Å²) in [6.45, 7) is 0. The second-order valence-corrected chi connectivity index (χ2v) is 4.23. The molecule has 0 atom stereocenters. The second-order valence-electron chi connectivity index (χ2n) is 4.23. The van der Waals surface area contributed by atoms with Gasteiger partial charge in [0.2, 0.25) is 0 Å². The molecule has 0 saturated heterocycles. The fourth-order valence-electron chi connectivity index (χ4n) is 1.94. The summed E-state index contributed by atoms with van der Waals surface area (Å²) in [7, 11) is 0. The number of aromatic nitrogens is 2. The largest absolute Gasteiger partial charge is 0.360 e. The average Bonchev–Trinajstić information content (AvgIpc) is 2.92. The lowest BCUT2D eigenvalue weighted by molar-refractivity contribution is 0.0957. The summed E-state index contributed by atoms with van der Waals surface area (Å²) in [6.07, 6.45) is 6.59. The molecule has 0 aliphatic heterocycles. The van der Waals surface area contributed by atoms with Gasteiger partial charge in [-0.3, -0.25) is 9.78 Å². The van der Waals surface area contributed by atoms with E-state index in [9.17, 15) is 4.79 Å². The first-order chi connectivity index (χ1) is 9.84. The molecule has 0 fully saturated rings. The number of hydrogen-bond acceptors (Lipinski definition) is 3. The van der Waals surface area contributed by atoms with E-state index in [0.29, 0.717) is 5.56 Å². The zero-order valence-electron chi connectivity index (χ0n) is 10.6. The highest BCUT2D eigenvalue weighted by Crippen LogP contribution is 2.17. The van der Waals surface area contributed by atoms with Gasteiger partial charge in [0.15, 0.2) is 0 Å². The van der Waals surface area contributed by atoms with E-state index in [-0.39, 0.29) is 5.91 Å². The molecule has 2 N–H and O–H groups in total. The number of nitrogens with zero attached hydrogens (tertiary/aromatic N) is 2. The Kier molecular flexibility index (Phi) is 3.24. The first-order valence-electron chi connectivity index (χ1n) is 6.14. The predicted molar refractivity (Wildman–Crippen MR) is 77.6 cm³/mol. The lowest BCUT2D eigenvalue weighted by atomic mass is 10.2. The molecule has 1 aromatic carbocycles. The Labute approximate surface area is 115 Å². The molecule has 5 heteroatoms. The molecule has 1 amide bonds. The summed E-state index contributed by atoms with van der Waals surface area (Å²) in [5.74, 6) is -0.248. The second kappa shape index (κ2) is 5.36. The van der Waals surface area contributed by atoms with Gasteiger partial charge < -0.3 is 4.98 Å². The minimum Gasteiger partial charge on any atom is -0.360 e. The molecule has 98 valence electrons. The Morgan fingerprint density at radius 1 is 1.25 bits per heavy atom. The van der Waals surface area contributed by atoms with E-state index in [2.05, 4.69) is 20.5 Å². The van der Waals surface area contributed by atoms with Gasteiger partial charge in [0.05, 0.1) is 11.8 Å². The van der Waals surface area contributed by atoms with Crippen molar-refractivity contribution in [3.05, 3.63) is 66.1 Å². The van der Waals surface area contributed by atoms with Crippen LogP contribution in [0.15, 0.2) is 60.1 Å². The number of para-hydroxylation sites is 1. The molecule has 20 heavy (non-hydrogen) atoms. The normalized spacial score (nSPS) is 11.0. The van der Waals surface area contributed by atoms with Crippen LogP contribution in [0.4, 0.5) is 0 Å². The highest BCUT2D eigenvalue weighted by molar-refractivity contribution is 6.06. The van der Waals surface area contributed by atoms with Crippen molar-refractivity contribution >= 4 is 23.0 Å². The first-order valence-corrected chi connectivity index (χ1v) is 6.14. The summed E-state index contributed by atoms with van der Waals surface area (Å²) in [5.41, 5.74) is 4.83. The molecule has 0 radical (unpaired) electrons. The number of carbonyl (C=O) groups excluding carboxylic acids is 1. The molecule has 2 heterocycles. The van der Waals surface area contributed by atoms with Crippen LogP contribution in [-0.4, -0.2) is 22.1 Å². The molecule has 5 nitrogen and oxygen atoms in total. The van der Waals surface area contributed by atoms with Crippen LogP contribution in [0.5, 0.6) is 0 Å². The third kappa shape index (κ3) is 2.42. The van der Waals surface area contributed by atoms with E-state index >= 15 is 0 Å². The number of nitrogens with one attached hydrogen (secondary N) is 2. The van der Waals surface area contributed by atoms with Crippen molar-refractivity contribution in [1.82, 2.24) is 15.4 Å². The molecular weight excluding hydrogens is 252 g/mol. The van der Waals surface area contributed by atoms with Crippen molar-refractivity contribution in [2.24, 2.45) is 5.10 Å². The van der Waals surface area contributed by atoms with Crippen molar-refractivity contribution in [2.45, 2.75) is 0 Å². The fourth-order valence-corrected chi connectivity index (χ4v) is 1.94. The van der Waals surface area contributed by atoms with Gasteiger partial charge in [-0.15, -0.1) is 0 Å². The van der Waals surface area contributed by atoms with Gasteiger partial charge in [0.25, 0.3) is 5.91 Å². The van der Waals surface area contributed by atoms with Crippen LogP contribution in [-0.2, 0) is 0 Å². The number of hydrogen-bond donors (Lipinski definition) is 2. The average molecular weight is 264 g/mol. The Morgan fingerprint density at radius 3 is 3.00 bits per heavy atom. The third-order valence-electron chi connectivity index (χ3n) is 2.90. The van der Waals surface area contributed by atoms with Crippen LogP contribution in [0.3, 0.4) is 0 Å². The minimum atomic E-state index is -0.248. The SMILES string of the molecule is O=C(N/N=C\c1cccnc1)c1c[nH]c2ccccc12. The number of amides is 1. The van der Waals surface area contributed by atoms with Gasteiger partial charge in [-0.2, -0.15) is 5.10 Å². The van der Waals surface area contributed by atoms with Gasteiger partial charge in [0.1, 0.15) is 0 Å². The maximum Gasteiger partial charge on any atom is 0.273 e. The lowest BCUT2D eigenvalue weighted by Crippen LogP contribution is -2.17. The van der Waals surface area contributed by atoms with Crippen molar-refractivity contribution in [3.8, 4) is 0 Å². The van der Waals surface area contributed by atoms with E-state index in [1.807, 2.05) is 36.4 Å². The number of hydrazone groups is 1. The third-order valence-corrected chi connectivity index (χ3v) is 2.90. The maximum atomic E-state index is 12.0. The van der Waals surface area contributed by atoms with Crippen LogP contribution in [0.2, 0.25) is 0 Å². The quantitative estimate of drug-likeness (QED) is 0.563. The number of H-pyrrole nitrogens is 1. The molecule has 3 rings (SSSR count). The van der Waals surface area contributed by atoms with Gasteiger partial charge in [-0.25, -0.2) is 5.43 Å². The van der Waals surface area contributed by atoms with Crippen LogP contribution >= 0.6 is 0 Å². The fraction of sp³-hybridized carbons (Fsp3) is 0. The summed E-state index contributed by atoms with van der Waals surface area (Å²) < 4.78 is 0. The maximum absolute atomic E-state index is 12.0. The minimum absolute atomic E-state index is 0.248. The molecule has 3 aromatic rings. The first kappa shape index (κ1) is 12.1. The van der Waals surface area contributed by atoms with E-state index in [4.69, 9.17) is 0 Å². The summed E-state index contributed by atoms with van der Waals surface area (Å²) in [4.78, 5) is 19.1. The highest BCUT2D eigenvalue weighted by Gasteiger charge is 2.10. The molecule has 0 bridgehead atoms. The van der Waals surface area contributed by atoms with Gasteiger partial charge in [0, 0.05) is 35.1 Å². The van der Waals surface area contributed by atoms with Crippen LogP contribution in [0.25, 0.3) is 10.9 Å². The predicted octanol–water partition coefficient (Wildman–Crippen LogP) is 2.33. The zero-order valence-corrected chi connectivity index (χ0v) is 10.6. The Balaban J connectivity index is 1.75. The Hall–Kier alpha value is -2.95. The van der Waals surface area contributed by atoms with Crippen molar-refractivity contribution < 1.29 is 4.79 Å². The van der Waals surface area contributed by atoms with Crippen molar-refractivity contribution in [3.63, 3.8) is 0 Å². The lowest BCUT2D eigenvalue weighted by Gasteiger charge is -1.97. The van der Waals surface area contributed by atoms with Crippen molar-refractivity contribution in [2.75, 3.05) is 0 Å². The van der Waals surface area contributed by atoms with Crippen LogP contribution in [0.1, 0.15) is 15.9 Å². The monoisotopic (exact) mass is 264 g/mol. The van der Waals surface area contributed by atoms with E-state index in [1.165, 1.54) is 0 Å². The van der Waals surface area contributed by atoms with Crippen LogP contribution < -0.4 is 5.43 Å². The number of carbonyl (C=O) groups is 1. The Morgan fingerprint density at radius 2 is 2.15 bits per heavy atom. The number of fused-ring (bicyclic) bond motifs is 1. The smallest absolute Gasteiger partial charge is 0.273 e. The summed E-state index contributed by atoms with van der Waals surface area (Å²) >= 11 is 0. The van der Waals surface area contributed by atoms with Crippen molar-refractivity contribution in [1.29, 1.82) is 0 Å². The number of aromatic amines is 1. The summed E-state index contributed by atoms with van der Waals surface area (Å²) in [6, 6.07) is 11.3. The van der Waals surface area contributed by atoms with Crippen LogP contribution in [0, 0.1) is 0 Å². The molecule has 0 saturated carbocycles. The summed E-state index contributed by atoms with van der Waals surface area (Å²) in [5, 5.41) is 4.80. The number of benzene rings is 1. The molecule has 0 unspecified atom stereocenters. The van der Waals surface area contributed by atoms with E-state index in [0.717, 1.165) is 16.5 Å². The molecular formula is C15H12N4O. The zero-order chi connectivity index (χ0) is 13.8. The molecule has 0 aliphatic rings. The number of pyridine rings is 1. The molecule has 2 aromatic heterocycles. The van der Waals surface area contributed by atoms with E-state index in [1.54, 1.807) is 24.8 Å². The van der Waals surface area contributed by atoms with Gasteiger partial charge in [-0.1, -0.05) is 24.3 Å². The highest BCUT2D eigenvalue weighted by atomic mass is 16.2. The van der Waals surface area contributed by atoms with E-state index < -0.39 is 0 Å². The van der Waals surface area contributed by atoms with Gasteiger partial charge >= 0.3 is 0 Å². The molecule has 0 aliphatic carbocycles. The Bertz CT molecular complexity index is 762. The van der Waals surface area contributed by atoms with Gasteiger partial charge in [-0.05, 0) is 12.1 Å².